The van der Waals surface area contributed by atoms with Crippen LogP contribution in [-0.2, 0) is 17.8 Å². The Labute approximate surface area is 126 Å². The second kappa shape index (κ2) is 7.33. The number of aromatic nitrogens is 3. The Balaban J connectivity index is 1.42. The standard InChI is InChI=1S/C15H27N5O/c1-19-6-4-14(5-7-19)16-9-15-11-20(18-17-15)10-13-3-2-8-21-12-13/h11,13-14,16H,2-10,12H2,1H3. The smallest absolute Gasteiger partial charge is 0.0964 e. The summed E-state index contributed by atoms with van der Waals surface area (Å²) in [6.07, 6.45) is 6.94. The molecule has 118 valence electrons. The van der Waals surface area contributed by atoms with Gasteiger partial charge in [0.25, 0.3) is 0 Å². The van der Waals surface area contributed by atoms with Crippen molar-refractivity contribution in [2.75, 3.05) is 33.4 Å². The van der Waals surface area contributed by atoms with Gasteiger partial charge in [0.1, 0.15) is 0 Å². The molecule has 1 atom stereocenters. The molecule has 2 aliphatic rings. The largest absolute Gasteiger partial charge is 0.381 e. The molecule has 0 aromatic carbocycles. The fourth-order valence-corrected chi connectivity index (χ4v) is 3.19. The molecule has 6 heteroatoms. The van der Waals surface area contributed by atoms with Crippen molar-refractivity contribution in [2.24, 2.45) is 5.92 Å². The number of likely N-dealkylation sites (tertiary alicyclic amines) is 1. The predicted molar refractivity (Wildman–Crippen MR) is 80.9 cm³/mol. The fourth-order valence-electron chi connectivity index (χ4n) is 3.19. The topological polar surface area (TPSA) is 55.2 Å². The Morgan fingerprint density at radius 2 is 2.19 bits per heavy atom. The zero-order chi connectivity index (χ0) is 14.5. The van der Waals surface area contributed by atoms with Crippen molar-refractivity contribution in [2.45, 2.75) is 44.8 Å². The van der Waals surface area contributed by atoms with Crippen molar-refractivity contribution in [3.05, 3.63) is 11.9 Å². The average Bonchev–Trinajstić information content (AvgIpc) is 2.95. The lowest BCUT2D eigenvalue weighted by Gasteiger charge is -2.29. The summed E-state index contributed by atoms with van der Waals surface area (Å²) in [7, 11) is 2.19. The molecule has 2 saturated heterocycles. The van der Waals surface area contributed by atoms with E-state index in [1.54, 1.807) is 0 Å². The molecular weight excluding hydrogens is 266 g/mol. The molecule has 1 aromatic rings. The fraction of sp³-hybridized carbons (Fsp3) is 0.867. The Morgan fingerprint density at radius 1 is 1.33 bits per heavy atom. The van der Waals surface area contributed by atoms with Crippen LogP contribution in [0.25, 0.3) is 0 Å². The number of nitrogens with one attached hydrogen (secondary N) is 1. The van der Waals surface area contributed by atoms with Crippen LogP contribution in [0.15, 0.2) is 6.20 Å². The molecule has 3 heterocycles. The van der Waals surface area contributed by atoms with Gasteiger partial charge in [0.05, 0.1) is 12.3 Å². The maximum Gasteiger partial charge on any atom is 0.0964 e. The van der Waals surface area contributed by atoms with E-state index in [-0.39, 0.29) is 0 Å². The van der Waals surface area contributed by atoms with E-state index >= 15 is 0 Å². The van der Waals surface area contributed by atoms with Gasteiger partial charge in [-0.1, -0.05) is 5.21 Å². The van der Waals surface area contributed by atoms with E-state index < -0.39 is 0 Å². The highest BCUT2D eigenvalue weighted by atomic mass is 16.5. The molecule has 21 heavy (non-hydrogen) atoms. The van der Waals surface area contributed by atoms with Crippen LogP contribution in [-0.4, -0.2) is 59.3 Å². The van der Waals surface area contributed by atoms with Crippen molar-refractivity contribution < 1.29 is 4.74 Å². The average molecular weight is 293 g/mol. The van der Waals surface area contributed by atoms with Crippen LogP contribution in [0.3, 0.4) is 0 Å². The lowest BCUT2D eigenvalue weighted by atomic mass is 10.0. The second-order valence-electron chi connectivity index (χ2n) is 6.47. The van der Waals surface area contributed by atoms with Crippen molar-refractivity contribution >= 4 is 0 Å². The van der Waals surface area contributed by atoms with E-state index in [0.717, 1.165) is 32.0 Å². The third-order valence-electron chi connectivity index (χ3n) is 4.58. The first-order valence-corrected chi connectivity index (χ1v) is 8.18. The number of nitrogens with zero attached hydrogens (tertiary/aromatic N) is 4. The first-order valence-electron chi connectivity index (χ1n) is 8.18. The van der Waals surface area contributed by atoms with Gasteiger partial charge in [-0.15, -0.1) is 5.10 Å². The van der Waals surface area contributed by atoms with Crippen LogP contribution in [0.2, 0.25) is 0 Å². The van der Waals surface area contributed by atoms with E-state index in [1.807, 2.05) is 4.68 Å². The SMILES string of the molecule is CN1CCC(NCc2cn(CC3CCCOC3)nn2)CC1. The number of hydrogen-bond acceptors (Lipinski definition) is 5. The van der Waals surface area contributed by atoms with Crippen LogP contribution < -0.4 is 5.32 Å². The molecule has 0 saturated carbocycles. The Bertz CT molecular complexity index is 421. The maximum absolute atomic E-state index is 5.52. The highest BCUT2D eigenvalue weighted by molar-refractivity contribution is 4.93. The summed E-state index contributed by atoms with van der Waals surface area (Å²) in [6, 6.07) is 0.623. The van der Waals surface area contributed by atoms with Gasteiger partial charge in [-0.25, -0.2) is 0 Å². The monoisotopic (exact) mass is 293 g/mol. The number of piperidine rings is 1. The summed E-state index contributed by atoms with van der Waals surface area (Å²) in [6.45, 7) is 5.91. The van der Waals surface area contributed by atoms with E-state index in [9.17, 15) is 0 Å². The van der Waals surface area contributed by atoms with E-state index in [1.165, 1.54) is 38.8 Å². The Kier molecular flexibility index (Phi) is 5.22. The van der Waals surface area contributed by atoms with Crippen LogP contribution in [0, 0.1) is 5.92 Å². The van der Waals surface area contributed by atoms with Crippen molar-refractivity contribution in [3.8, 4) is 0 Å². The van der Waals surface area contributed by atoms with Gasteiger partial charge in [-0.3, -0.25) is 4.68 Å². The summed E-state index contributed by atoms with van der Waals surface area (Å²) >= 11 is 0. The second-order valence-corrected chi connectivity index (χ2v) is 6.47. The number of rotatable bonds is 5. The zero-order valence-corrected chi connectivity index (χ0v) is 13.0. The molecule has 2 fully saturated rings. The van der Waals surface area contributed by atoms with Crippen LogP contribution in [0.4, 0.5) is 0 Å². The van der Waals surface area contributed by atoms with E-state index in [0.29, 0.717) is 12.0 Å². The number of ether oxygens (including phenoxy) is 1. The minimum atomic E-state index is 0.593. The van der Waals surface area contributed by atoms with Crippen molar-refractivity contribution in [1.82, 2.24) is 25.2 Å². The minimum Gasteiger partial charge on any atom is -0.381 e. The molecule has 2 aliphatic heterocycles. The van der Waals surface area contributed by atoms with Crippen LogP contribution in [0.5, 0.6) is 0 Å². The van der Waals surface area contributed by atoms with Gasteiger partial charge in [0, 0.05) is 37.9 Å². The third-order valence-corrected chi connectivity index (χ3v) is 4.58. The van der Waals surface area contributed by atoms with Gasteiger partial charge in [0.2, 0.25) is 0 Å². The first kappa shape index (κ1) is 14.9. The molecule has 1 unspecified atom stereocenters. The molecule has 3 rings (SSSR count). The molecule has 1 aromatic heterocycles. The molecular formula is C15H27N5O. The predicted octanol–water partition coefficient (Wildman–Crippen LogP) is 0.889. The van der Waals surface area contributed by atoms with Crippen molar-refractivity contribution in [1.29, 1.82) is 0 Å². The molecule has 1 N–H and O–H groups in total. The van der Waals surface area contributed by atoms with E-state index in [2.05, 4.69) is 33.8 Å². The molecule has 0 spiro atoms. The first-order chi connectivity index (χ1) is 10.3. The summed E-state index contributed by atoms with van der Waals surface area (Å²) < 4.78 is 7.50. The van der Waals surface area contributed by atoms with Crippen LogP contribution in [0.1, 0.15) is 31.4 Å². The summed E-state index contributed by atoms with van der Waals surface area (Å²) in [5, 5.41) is 12.1. The van der Waals surface area contributed by atoms with Gasteiger partial charge in [-0.2, -0.15) is 0 Å². The van der Waals surface area contributed by atoms with Crippen molar-refractivity contribution in [3.63, 3.8) is 0 Å². The highest BCUT2D eigenvalue weighted by Gasteiger charge is 2.17. The highest BCUT2D eigenvalue weighted by Crippen LogP contribution is 2.15. The van der Waals surface area contributed by atoms with Gasteiger partial charge in [-0.05, 0) is 45.8 Å². The molecule has 0 amide bonds. The van der Waals surface area contributed by atoms with Gasteiger partial charge < -0.3 is 15.0 Å². The van der Waals surface area contributed by atoms with Gasteiger partial charge in [0.15, 0.2) is 0 Å². The summed E-state index contributed by atoms with van der Waals surface area (Å²) in [4.78, 5) is 2.39. The van der Waals surface area contributed by atoms with Crippen LogP contribution >= 0.6 is 0 Å². The number of hydrogen-bond donors (Lipinski definition) is 1. The maximum atomic E-state index is 5.52. The molecule has 0 aliphatic carbocycles. The molecule has 0 bridgehead atoms. The summed E-state index contributed by atoms with van der Waals surface area (Å²) in [5.41, 5.74) is 1.05. The lowest BCUT2D eigenvalue weighted by Crippen LogP contribution is -2.40. The third kappa shape index (κ3) is 4.49. The van der Waals surface area contributed by atoms with Gasteiger partial charge >= 0.3 is 0 Å². The molecule has 6 nitrogen and oxygen atoms in total. The van der Waals surface area contributed by atoms with E-state index in [4.69, 9.17) is 4.74 Å². The zero-order valence-electron chi connectivity index (χ0n) is 13.0. The Hall–Kier alpha value is -0.980. The molecule has 0 radical (unpaired) electrons. The normalized spacial score (nSPS) is 25.3. The Morgan fingerprint density at radius 3 is 2.95 bits per heavy atom. The quantitative estimate of drug-likeness (QED) is 0.874. The lowest BCUT2D eigenvalue weighted by molar-refractivity contribution is 0.0468. The summed E-state index contributed by atoms with van der Waals surface area (Å²) in [5.74, 6) is 0.593. The minimum absolute atomic E-state index is 0.593.